The first kappa shape index (κ1) is 21.4. The number of ether oxygens (including phenoxy) is 1. The van der Waals surface area contributed by atoms with E-state index in [9.17, 15) is 13.2 Å². The molecule has 0 unspecified atom stereocenters. The van der Waals surface area contributed by atoms with E-state index in [-0.39, 0.29) is 10.8 Å². The molecule has 1 N–H and O–H groups in total. The van der Waals surface area contributed by atoms with Crippen LogP contribution in [0.4, 0.5) is 11.4 Å². The van der Waals surface area contributed by atoms with Crippen LogP contribution in [0.15, 0.2) is 71.6 Å². The van der Waals surface area contributed by atoms with E-state index in [4.69, 9.17) is 4.74 Å². The molecule has 0 aromatic heterocycles. The van der Waals surface area contributed by atoms with E-state index in [0.717, 1.165) is 15.4 Å². The Morgan fingerprint density at radius 2 is 1.57 bits per heavy atom. The van der Waals surface area contributed by atoms with E-state index in [1.54, 1.807) is 36.4 Å². The standard InChI is InChI=1S/C23H24N2O4S/c1-16-12-17(2)14-19(13-16)24-23(26)18-6-5-7-20(15-18)25(3)30(27,28)22-10-8-21(29-4)9-11-22/h5-15H,1-4H3,(H,24,26). The molecule has 0 bridgehead atoms. The average Bonchev–Trinajstić information content (AvgIpc) is 2.72. The fourth-order valence-corrected chi connectivity index (χ4v) is 4.33. The third-order valence-corrected chi connectivity index (χ3v) is 6.47. The minimum Gasteiger partial charge on any atom is -0.497 e. The summed E-state index contributed by atoms with van der Waals surface area (Å²) in [6.45, 7) is 3.92. The Kier molecular flexibility index (Phi) is 6.12. The number of benzene rings is 3. The second kappa shape index (κ2) is 8.59. The predicted molar refractivity (Wildman–Crippen MR) is 119 cm³/mol. The van der Waals surface area contributed by atoms with Crippen LogP contribution in [-0.2, 0) is 10.0 Å². The number of amides is 1. The lowest BCUT2D eigenvalue weighted by Crippen LogP contribution is -2.26. The Hall–Kier alpha value is -3.32. The van der Waals surface area contributed by atoms with Crippen LogP contribution in [-0.4, -0.2) is 28.5 Å². The Bertz CT molecular complexity index is 1150. The molecule has 7 heteroatoms. The van der Waals surface area contributed by atoms with Crippen molar-refractivity contribution in [3.05, 3.63) is 83.4 Å². The summed E-state index contributed by atoms with van der Waals surface area (Å²) in [5.41, 5.74) is 3.54. The van der Waals surface area contributed by atoms with Gasteiger partial charge >= 0.3 is 0 Å². The van der Waals surface area contributed by atoms with Gasteiger partial charge in [0.05, 0.1) is 17.7 Å². The minimum atomic E-state index is -3.78. The minimum absolute atomic E-state index is 0.135. The third kappa shape index (κ3) is 4.63. The van der Waals surface area contributed by atoms with Gasteiger partial charge in [0.25, 0.3) is 15.9 Å². The van der Waals surface area contributed by atoms with Crippen LogP contribution in [0.3, 0.4) is 0 Å². The Labute approximate surface area is 177 Å². The van der Waals surface area contributed by atoms with E-state index in [1.807, 2.05) is 32.0 Å². The Morgan fingerprint density at radius 1 is 0.933 bits per heavy atom. The number of nitrogens with one attached hydrogen (secondary N) is 1. The van der Waals surface area contributed by atoms with E-state index < -0.39 is 10.0 Å². The number of hydrogen-bond acceptors (Lipinski definition) is 4. The maximum atomic E-state index is 13.0. The summed E-state index contributed by atoms with van der Waals surface area (Å²) in [4.78, 5) is 12.8. The zero-order valence-electron chi connectivity index (χ0n) is 17.3. The number of carbonyl (C=O) groups excluding carboxylic acids is 1. The number of anilines is 2. The van der Waals surface area contributed by atoms with Gasteiger partial charge in [-0.05, 0) is 79.6 Å². The molecule has 0 saturated carbocycles. The summed E-state index contributed by atoms with van der Waals surface area (Å²) < 4.78 is 32.2. The molecule has 0 heterocycles. The molecule has 6 nitrogen and oxygen atoms in total. The first-order valence-electron chi connectivity index (χ1n) is 9.33. The van der Waals surface area contributed by atoms with Gasteiger partial charge in [-0.25, -0.2) is 8.42 Å². The van der Waals surface area contributed by atoms with Crippen molar-refractivity contribution in [1.29, 1.82) is 0 Å². The highest BCUT2D eigenvalue weighted by Crippen LogP contribution is 2.25. The number of aryl methyl sites for hydroxylation is 2. The summed E-state index contributed by atoms with van der Waals surface area (Å²) in [6, 6.07) is 18.5. The van der Waals surface area contributed by atoms with Gasteiger partial charge < -0.3 is 10.1 Å². The summed E-state index contributed by atoms with van der Waals surface area (Å²) in [6.07, 6.45) is 0. The van der Waals surface area contributed by atoms with Crippen LogP contribution >= 0.6 is 0 Å². The normalized spacial score (nSPS) is 11.1. The van der Waals surface area contributed by atoms with E-state index in [0.29, 0.717) is 22.7 Å². The molecule has 3 rings (SSSR count). The summed E-state index contributed by atoms with van der Waals surface area (Å²) in [5.74, 6) is 0.263. The van der Waals surface area contributed by atoms with E-state index in [1.165, 1.54) is 26.3 Å². The highest BCUT2D eigenvalue weighted by Gasteiger charge is 2.22. The van der Waals surface area contributed by atoms with E-state index >= 15 is 0 Å². The van der Waals surface area contributed by atoms with E-state index in [2.05, 4.69) is 5.32 Å². The van der Waals surface area contributed by atoms with Crippen molar-refractivity contribution in [3.8, 4) is 5.75 Å². The number of sulfonamides is 1. The number of methoxy groups -OCH3 is 1. The molecule has 30 heavy (non-hydrogen) atoms. The summed E-state index contributed by atoms with van der Waals surface area (Å²) in [7, 11) is -0.807. The molecule has 0 aliphatic rings. The zero-order valence-corrected chi connectivity index (χ0v) is 18.2. The van der Waals surface area contributed by atoms with Gasteiger partial charge in [-0.15, -0.1) is 0 Å². The number of carbonyl (C=O) groups is 1. The fraction of sp³-hybridized carbons (Fsp3) is 0.174. The lowest BCUT2D eigenvalue weighted by molar-refractivity contribution is 0.102. The molecule has 0 saturated heterocycles. The molecule has 3 aromatic carbocycles. The third-order valence-electron chi connectivity index (χ3n) is 4.67. The van der Waals surface area contributed by atoms with Crippen LogP contribution < -0.4 is 14.4 Å². The summed E-state index contributed by atoms with van der Waals surface area (Å²) >= 11 is 0. The molecule has 0 fully saturated rings. The van der Waals surface area contributed by atoms with Crippen LogP contribution in [0.2, 0.25) is 0 Å². The van der Waals surface area contributed by atoms with Crippen molar-refractivity contribution in [3.63, 3.8) is 0 Å². The molecule has 3 aromatic rings. The van der Waals surface area contributed by atoms with Gasteiger partial charge in [-0.1, -0.05) is 12.1 Å². The molecule has 0 aliphatic heterocycles. The predicted octanol–water partition coefficient (Wildman–Crippen LogP) is 4.39. The number of nitrogens with zero attached hydrogens (tertiary/aromatic N) is 1. The lowest BCUT2D eigenvalue weighted by atomic mass is 10.1. The van der Waals surface area contributed by atoms with Crippen LogP contribution in [0.5, 0.6) is 5.75 Å². The second-order valence-corrected chi connectivity index (χ2v) is 9.00. The van der Waals surface area contributed by atoms with Crippen molar-refractivity contribution < 1.29 is 17.9 Å². The van der Waals surface area contributed by atoms with Crippen molar-refractivity contribution in [2.45, 2.75) is 18.7 Å². The van der Waals surface area contributed by atoms with Gasteiger partial charge in [-0.3, -0.25) is 9.10 Å². The average molecular weight is 425 g/mol. The lowest BCUT2D eigenvalue weighted by Gasteiger charge is -2.20. The van der Waals surface area contributed by atoms with Crippen molar-refractivity contribution in [2.75, 3.05) is 23.8 Å². The molecule has 0 atom stereocenters. The Morgan fingerprint density at radius 3 is 2.17 bits per heavy atom. The van der Waals surface area contributed by atoms with Gasteiger partial charge in [0.15, 0.2) is 0 Å². The number of rotatable bonds is 6. The molecule has 1 amide bonds. The van der Waals surface area contributed by atoms with Gasteiger partial charge in [-0.2, -0.15) is 0 Å². The largest absolute Gasteiger partial charge is 0.497 e. The van der Waals surface area contributed by atoms with Crippen molar-refractivity contribution in [2.24, 2.45) is 0 Å². The topological polar surface area (TPSA) is 75.7 Å². The van der Waals surface area contributed by atoms with Gasteiger partial charge in [0.2, 0.25) is 0 Å². The summed E-state index contributed by atoms with van der Waals surface area (Å²) in [5, 5.41) is 2.87. The Balaban J connectivity index is 1.85. The molecule has 156 valence electrons. The first-order chi connectivity index (χ1) is 14.2. The molecule has 0 radical (unpaired) electrons. The molecule has 0 spiro atoms. The van der Waals surface area contributed by atoms with Gasteiger partial charge in [0, 0.05) is 18.3 Å². The molecular formula is C23H24N2O4S. The number of hydrogen-bond donors (Lipinski definition) is 1. The van der Waals surface area contributed by atoms with Gasteiger partial charge in [0.1, 0.15) is 5.75 Å². The van der Waals surface area contributed by atoms with Crippen LogP contribution in [0, 0.1) is 13.8 Å². The quantitative estimate of drug-likeness (QED) is 0.637. The highest BCUT2D eigenvalue weighted by molar-refractivity contribution is 7.92. The zero-order chi connectivity index (χ0) is 21.9. The van der Waals surface area contributed by atoms with Crippen molar-refractivity contribution in [1.82, 2.24) is 0 Å². The molecular weight excluding hydrogens is 400 g/mol. The van der Waals surface area contributed by atoms with Crippen molar-refractivity contribution >= 4 is 27.3 Å². The smallest absolute Gasteiger partial charge is 0.264 e. The molecule has 0 aliphatic carbocycles. The SMILES string of the molecule is COc1ccc(S(=O)(=O)N(C)c2cccc(C(=O)Nc3cc(C)cc(C)c3)c2)cc1. The van der Waals surface area contributed by atoms with Crippen LogP contribution in [0.25, 0.3) is 0 Å². The first-order valence-corrected chi connectivity index (χ1v) is 10.8. The highest BCUT2D eigenvalue weighted by atomic mass is 32.2. The second-order valence-electron chi connectivity index (χ2n) is 7.03. The van der Waals surface area contributed by atoms with Crippen LogP contribution in [0.1, 0.15) is 21.5 Å². The monoisotopic (exact) mass is 424 g/mol. The maximum Gasteiger partial charge on any atom is 0.264 e. The fourth-order valence-electron chi connectivity index (χ4n) is 3.14. The maximum absolute atomic E-state index is 13.0.